The van der Waals surface area contributed by atoms with Gasteiger partial charge in [0.1, 0.15) is 11.5 Å². The molecule has 4 rings (SSSR count). The maximum absolute atomic E-state index is 12.8. The standard InChI is InChI=1S/C22H30O4S/c1-21(2)18-12-13-22(21,20(23)14-18)15-27(24,25)26-19-10-8-17(9-11-19)16-6-4-3-5-7-16/h8-11,16,18H,3-7,12-15H2,1-2H3. The predicted octanol–water partition coefficient (Wildman–Crippen LogP) is 4.84. The number of fused-ring (bicyclic) bond motifs is 2. The minimum atomic E-state index is -3.82. The molecule has 0 N–H and O–H groups in total. The van der Waals surface area contributed by atoms with Gasteiger partial charge in [-0.15, -0.1) is 0 Å². The number of benzene rings is 1. The van der Waals surface area contributed by atoms with Crippen LogP contribution in [0.4, 0.5) is 0 Å². The molecular weight excluding hydrogens is 360 g/mol. The van der Waals surface area contributed by atoms with E-state index in [4.69, 9.17) is 4.18 Å². The second-order valence-electron chi connectivity index (χ2n) is 9.36. The Morgan fingerprint density at radius 3 is 2.26 bits per heavy atom. The number of rotatable bonds is 5. The van der Waals surface area contributed by atoms with Gasteiger partial charge >= 0.3 is 10.1 Å². The average Bonchev–Trinajstić information content (AvgIpc) is 2.96. The van der Waals surface area contributed by atoms with Crippen LogP contribution in [-0.4, -0.2) is 20.0 Å². The molecule has 5 heteroatoms. The molecule has 3 fully saturated rings. The summed E-state index contributed by atoms with van der Waals surface area (Å²) in [4.78, 5) is 12.6. The topological polar surface area (TPSA) is 60.4 Å². The Hall–Kier alpha value is -1.36. The van der Waals surface area contributed by atoms with Gasteiger partial charge in [0.25, 0.3) is 0 Å². The van der Waals surface area contributed by atoms with Gasteiger partial charge in [-0.2, -0.15) is 8.42 Å². The summed E-state index contributed by atoms with van der Waals surface area (Å²) in [6.07, 6.45) is 8.37. The molecule has 0 aliphatic heterocycles. The first-order valence-electron chi connectivity index (χ1n) is 10.3. The Balaban J connectivity index is 1.48. The molecule has 2 atom stereocenters. The number of hydrogen-bond donors (Lipinski definition) is 0. The van der Waals surface area contributed by atoms with Gasteiger partial charge in [0.2, 0.25) is 0 Å². The summed E-state index contributed by atoms with van der Waals surface area (Å²) >= 11 is 0. The van der Waals surface area contributed by atoms with Crippen molar-refractivity contribution >= 4 is 15.9 Å². The molecule has 0 aromatic heterocycles. The van der Waals surface area contributed by atoms with Crippen molar-refractivity contribution in [1.29, 1.82) is 0 Å². The molecule has 2 unspecified atom stereocenters. The highest BCUT2D eigenvalue weighted by Crippen LogP contribution is 2.64. The van der Waals surface area contributed by atoms with Crippen molar-refractivity contribution in [2.75, 3.05) is 5.75 Å². The predicted molar refractivity (Wildman–Crippen MR) is 105 cm³/mol. The highest BCUT2D eigenvalue weighted by molar-refractivity contribution is 7.87. The fourth-order valence-electron chi connectivity index (χ4n) is 5.82. The van der Waals surface area contributed by atoms with Crippen LogP contribution in [0.2, 0.25) is 0 Å². The SMILES string of the molecule is CC1(C)C2CCC1(CS(=O)(=O)Oc1ccc(C3CCCCC3)cc1)C(=O)C2. The molecule has 0 heterocycles. The van der Waals surface area contributed by atoms with E-state index in [1.165, 1.54) is 37.7 Å². The zero-order valence-electron chi connectivity index (χ0n) is 16.4. The Kier molecular flexibility index (Phi) is 4.65. The van der Waals surface area contributed by atoms with Crippen LogP contribution in [0.5, 0.6) is 5.75 Å². The molecule has 1 aromatic carbocycles. The largest absolute Gasteiger partial charge is 0.382 e. The molecule has 0 amide bonds. The van der Waals surface area contributed by atoms with Gasteiger partial charge in [-0.25, -0.2) is 0 Å². The van der Waals surface area contributed by atoms with Crippen molar-refractivity contribution in [2.24, 2.45) is 16.7 Å². The smallest absolute Gasteiger partial charge is 0.310 e. The first-order chi connectivity index (χ1) is 12.7. The van der Waals surface area contributed by atoms with E-state index in [-0.39, 0.29) is 17.0 Å². The van der Waals surface area contributed by atoms with Crippen molar-refractivity contribution in [3.8, 4) is 5.75 Å². The van der Waals surface area contributed by atoms with Crippen LogP contribution >= 0.6 is 0 Å². The average molecular weight is 391 g/mol. The summed E-state index contributed by atoms with van der Waals surface area (Å²) in [5.41, 5.74) is 0.216. The van der Waals surface area contributed by atoms with Crippen molar-refractivity contribution in [1.82, 2.24) is 0 Å². The second kappa shape index (κ2) is 6.61. The van der Waals surface area contributed by atoms with Crippen LogP contribution in [0, 0.1) is 16.7 Å². The Morgan fingerprint density at radius 1 is 1.04 bits per heavy atom. The molecule has 0 spiro atoms. The van der Waals surface area contributed by atoms with Gasteiger partial charge in [0.05, 0.1) is 11.2 Å². The summed E-state index contributed by atoms with van der Waals surface area (Å²) in [5, 5.41) is 0. The highest BCUT2D eigenvalue weighted by atomic mass is 32.2. The normalized spacial score (nSPS) is 30.6. The van der Waals surface area contributed by atoms with Gasteiger partial charge < -0.3 is 4.18 Å². The van der Waals surface area contributed by atoms with Gasteiger partial charge in [-0.1, -0.05) is 45.2 Å². The van der Waals surface area contributed by atoms with Crippen LogP contribution in [0.25, 0.3) is 0 Å². The third-order valence-corrected chi connectivity index (χ3v) is 9.03. The number of hydrogen-bond acceptors (Lipinski definition) is 4. The van der Waals surface area contributed by atoms with Crippen molar-refractivity contribution in [3.05, 3.63) is 29.8 Å². The van der Waals surface area contributed by atoms with E-state index in [2.05, 4.69) is 0 Å². The number of carbonyl (C=O) groups is 1. The minimum absolute atomic E-state index is 0.101. The van der Waals surface area contributed by atoms with E-state index in [1.807, 2.05) is 26.0 Å². The lowest BCUT2D eigenvalue weighted by Gasteiger charge is -2.35. The van der Waals surface area contributed by atoms with Gasteiger partial charge in [0, 0.05) is 6.42 Å². The summed E-state index contributed by atoms with van der Waals surface area (Å²) in [5.74, 6) is 1.13. The molecule has 27 heavy (non-hydrogen) atoms. The number of carbonyl (C=O) groups excluding carboxylic acids is 1. The van der Waals surface area contributed by atoms with E-state index in [9.17, 15) is 13.2 Å². The first-order valence-corrected chi connectivity index (χ1v) is 11.9. The Labute approximate surface area is 162 Å². The molecule has 0 saturated heterocycles. The molecular formula is C22H30O4S. The fourth-order valence-corrected chi connectivity index (χ4v) is 7.56. The lowest BCUT2D eigenvalue weighted by molar-refractivity contribution is -0.128. The van der Waals surface area contributed by atoms with Crippen molar-refractivity contribution < 1.29 is 17.4 Å². The van der Waals surface area contributed by atoms with Crippen molar-refractivity contribution in [2.45, 2.75) is 71.1 Å². The molecule has 1 aromatic rings. The third kappa shape index (κ3) is 3.22. The molecule has 4 nitrogen and oxygen atoms in total. The minimum Gasteiger partial charge on any atom is -0.382 e. The van der Waals surface area contributed by atoms with Crippen LogP contribution in [0.15, 0.2) is 24.3 Å². The quantitative estimate of drug-likeness (QED) is 0.675. The molecule has 148 valence electrons. The van der Waals surface area contributed by atoms with E-state index in [0.717, 1.165) is 6.42 Å². The van der Waals surface area contributed by atoms with Gasteiger partial charge in [0.15, 0.2) is 0 Å². The summed E-state index contributed by atoms with van der Waals surface area (Å²) in [6.45, 7) is 4.09. The van der Waals surface area contributed by atoms with Crippen molar-refractivity contribution in [3.63, 3.8) is 0 Å². The molecule has 3 aliphatic carbocycles. The summed E-state index contributed by atoms with van der Waals surface area (Å²) < 4.78 is 31.0. The van der Waals surface area contributed by atoms with E-state index in [1.54, 1.807) is 12.1 Å². The van der Waals surface area contributed by atoms with Crippen LogP contribution < -0.4 is 4.18 Å². The zero-order chi connectivity index (χ0) is 19.3. The van der Waals surface area contributed by atoms with Gasteiger partial charge in [-0.05, 0) is 60.6 Å². The first kappa shape index (κ1) is 19.0. The monoisotopic (exact) mass is 390 g/mol. The summed E-state index contributed by atoms with van der Waals surface area (Å²) in [7, 11) is -3.82. The van der Waals surface area contributed by atoms with Gasteiger partial charge in [-0.3, -0.25) is 4.79 Å². The number of Topliss-reactive ketones (excluding diaryl/α,β-unsaturated/α-hetero) is 1. The lowest BCUT2D eigenvalue weighted by atomic mass is 9.70. The van der Waals surface area contributed by atoms with E-state index in [0.29, 0.717) is 30.4 Å². The van der Waals surface area contributed by atoms with Crippen LogP contribution in [0.1, 0.15) is 76.7 Å². The molecule has 0 radical (unpaired) electrons. The Bertz CT molecular complexity index is 818. The third-order valence-electron chi connectivity index (χ3n) is 7.74. The molecule has 3 saturated carbocycles. The zero-order valence-corrected chi connectivity index (χ0v) is 17.2. The van der Waals surface area contributed by atoms with Crippen LogP contribution in [-0.2, 0) is 14.9 Å². The second-order valence-corrected chi connectivity index (χ2v) is 10.9. The number of ketones is 1. The fraction of sp³-hybridized carbons (Fsp3) is 0.682. The van der Waals surface area contributed by atoms with E-state index >= 15 is 0 Å². The highest BCUT2D eigenvalue weighted by Gasteiger charge is 2.65. The molecule has 3 aliphatic rings. The molecule has 2 bridgehead atoms. The maximum Gasteiger partial charge on any atom is 0.310 e. The summed E-state index contributed by atoms with van der Waals surface area (Å²) in [6, 6.07) is 7.52. The Morgan fingerprint density at radius 2 is 1.70 bits per heavy atom. The lowest BCUT2D eigenvalue weighted by Crippen LogP contribution is -2.43. The van der Waals surface area contributed by atoms with E-state index < -0.39 is 15.5 Å². The maximum atomic E-state index is 12.8. The van der Waals surface area contributed by atoms with Crippen LogP contribution in [0.3, 0.4) is 0 Å².